The smallest absolute Gasteiger partial charge is 0.243 e. The lowest BCUT2D eigenvalue weighted by Gasteiger charge is -2.32. The lowest BCUT2D eigenvalue weighted by atomic mass is 9.90. The molecule has 2 fully saturated rings. The van der Waals surface area contributed by atoms with Gasteiger partial charge in [0.1, 0.15) is 16.2 Å². The average Bonchev–Trinajstić information content (AvgIpc) is 3.28. The van der Waals surface area contributed by atoms with Gasteiger partial charge in [-0.2, -0.15) is 4.98 Å². The maximum absolute atomic E-state index is 12.0. The number of carbonyl (C=O) groups is 1. The molecule has 0 bridgehead atoms. The summed E-state index contributed by atoms with van der Waals surface area (Å²) in [4.78, 5) is 33.8. The zero-order valence-corrected chi connectivity index (χ0v) is 20.4. The molecule has 11 heteroatoms. The van der Waals surface area contributed by atoms with Crippen LogP contribution in [0.2, 0.25) is 0 Å². The van der Waals surface area contributed by atoms with Gasteiger partial charge in [-0.1, -0.05) is 30.8 Å². The summed E-state index contributed by atoms with van der Waals surface area (Å²) in [5.74, 6) is 1.06. The Bertz CT molecular complexity index is 1150. The van der Waals surface area contributed by atoms with Crippen molar-refractivity contribution in [1.82, 2.24) is 30.2 Å². The maximum atomic E-state index is 12.0. The van der Waals surface area contributed by atoms with Crippen molar-refractivity contribution in [3.8, 4) is 0 Å². The van der Waals surface area contributed by atoms with Gasteiger partial charge in [-0.25, -0.2) is 15.0 Å². The molecule has 5 rings (SSSR count). The molecule has 3 aromatic rings. The number of nitrogens with zero attached hydrogens (tertiary/aromatic N) is 5. The Morgan fingerprint density at radius 2 is 2.03 bits per heavy atom. The maximum Gasteiger partial charge on any atom is 0.243 e. The Morgan fingerprint density at radius 1 is 1.20 bits per heavy atom. The molecule has 2 atom stereocenters. The number of nitrogens with one attached hydrogen (secondary N) is 3. The first-order valence-corrected chi connectivity index (χ1v) is 12.8. The molecule has 35 heavy (non-hydrogen) atoms. The summed E-state index contributed by atoms with van der Waals surface area (Å²) in [6, 6.07) is 5.85. The predicted octanol–water partition coefficient (Wildman–Crippen LogP) is 3.08. The van der Waals surface area contributed by atoms with Crippen molar-refractivity contribution in [2.75, 3.05) is 36.9 Å². The van der Waals surface area contributed by atoms with Crippen molar-refractivity contribution >= 4 is 44.5 Å². The SMILES string of the molecule is C=CC(=O)N[C@@H]1CCCC[C@H]1Nc1nc(CN2CCOCC2)cc(Nc2nc3cccnc3s2)n1. The van der Waals surface area contributed by atoms with E-state index in [2.05, 4.69) is 37.4 Å². The predicted molar refractivity (Wildman–Crippen MR) is 137 cm³/mol. The van der Waals surface area contributed by atoms with E-state index < -0.39 is 0 Å². The highest BCUT2D eigenvalue weighted by Crippen LogP contribution is 2.27. The highest BCUT2D eigenvalue weighted by Gasteiger charge is 2.27. The summed E-state index contributed by atoms with van der Waals surface area (Å²) >= 11 is 1.49. The molecule has 1 aliphatic carbocycles. The van der Waals surface area contributed by atoms with Gasteiger partial charge in [-0.15, -0.1) is 0 Å². The highest BCUT2D eigenvalue weighted by molar-refractivity contribution is 7.21. The van der Waals surface area contributed by atoms with Crippen LogP contribution in [0.15, 0.2) is 37.1 Å². The van der Waals surface area contributed by atoms with E-state index in [1.54, 1.807) is 6.20 Å². The monoisotopic (exact) mass is 494 g/mol. The number of pyridine rings is 1. The first kappa shape index (κ1) is 23.6. The van der Waals surface area contributed by atoms with E-state index in [1.165, 1.54) is 17.4 Å². The van der Waals surface area contributed by atoms with Gasteiger partial charge >= 0.3 is 0 Å². The fourth-order valence-electron chi connectivity index (χ4n) is 4.51. The summed E-state index contributed by atoms with van der Waals surface area (Å²) in [7, 11) is 0. The van der Waals surface area contributed by atoms with E-state index in [4.69, 9.17) is 14.7 Å². The van der Waals surface area contributed by atoms with E-state index in [0.717, 1.165) is 73.2 Å². The summed E-state index contributed by atoms with van der Waals surface area (Å²) in [5, 5.41) is 10.6. The number of ether oxygens (including phenoxy) is 1. The molecule has 0 aromatic carbocycles. The molecule has 0 unspecified atom stereocenters. The second kappa shape index (κ2) is 11.1. The Hall–Kier alpha value is -3.15. The summed E-state index contributed by atoms with van der Waals surface area (Å²) in [6.45, 7) is 7.49. The molecule has 1 saturated carbocycles. The van der Waals surface area contributed by atoms with Crippen LogP contribution in [0.1, 0.15) is 31.4 Å². The summed E-state index contributed by atoms with van der Waals surface area (Å²) in [5.41, 5.74) is 1.76. The first-order valence-electron chi connectivity index (χ1n) is 12.0. The fourth-order valence-corrected chi connectivity index (χ4v) is 5.33. The molecule has 1 amide bonds. The van der Waals surface area contributed by atoms with E-state index in [0.29, 0.717) is 18.3 Å². The quantitative estimate of drug-likeness (QED) is 0.406. The van der Waals surface area contributed by atoms with E-state index >= 15 is 0 Å². The molecule has 2 aliphatic rings. The van der Waals surface area contributed by atoms with Crippen molar-refractivity contribution in [3.63, 3.8) is 0 Å². The largest absolute Gasteiger partial charge is 0.379 e. The molecular formula is C24H30N8O2S. The summed E-state index contributed by atoms with van der Waals surface area (Å²) < 4.78 is 5.49. The summed E-state index contributed by atoms with van der Waals surface area (Å²) in [6.07, 6.45) is 7.11. The van der Waals surface area contributed by atoms with Gasteiger partial charge < -0.3 is 20.7 Å². The fraction of sp³-hybridized carbons (Fsp3) is 0.458. The van der Waals surface area contributed by atoms with Crippen LogP contribution in [0.4, 0.5) is 16.9 Å². The molecule has 10 nitrogen and oxygen atoms in total. The van der Waals surface area contributed by atoms with E-state index in [-0.39, 0.29) is 18.0 Å². The first-order chi connectivity index (χ1) is 17.2. The van der Waals surface area contributed by atoms with Crippen LogP contribution < -0.4 is 16.0 Å². The lowest BCUT2D eigenvalue weighted by molar-refractivity contribution is -0.117. The molecule has 3 N–H and O–H groups in total. The van der Waals surface area contributed by atoms with Gasteiger partial charge in [0.05, 0.1) is 18.9 Å². The molecule has 3 aromatic heterocycles. The van der Waals surface area contributed by atoms with Crippen molar-refractivity contribution < 1.29 is 9.53 Å². The third kappa shape index (κ3) is 6.11. The highest BCUT2D eigenvalue weighted by atomic mass is 32.1. The zero-order chi connectivity index (χ0) is 24.0. The van der Waals surface area contributed by atoms with E-state index in [9.17, 15) is 4.79 Å². The number of amides is 1. The van der Waals surface area contributed by atoms with Crippen LogP contribution >= 0.6 is 11.3 Å². The number of hydrogen-bond donors (Lipinski definition) is 3. The van der Waals surface area contributed by atoms with Gasteiger partial charge in [-0.05, 0) is 31.1 Å². The van der Waals surface area contributed by atoms with Crippen LogP contribution in [0.3, 0.4) is 0 Å². The van der Waals surface area contributed by atoms with Gasteiger partial charge in [0.2, 0.25) is 11.9 Å². The second-order valence-electron chi connectivity index (χ2n) is 8.78. The van der Waals surface area contributed by atoms with Crippen molar-refractivity contribution in [2.45, 2.75) is 44.3 Å². The third-order valence-electron chi connectivity index (χ3n) is 6.26. The number of hydrogen-bond acceptors (Lipinski definition) is 10. The molecule has 0 spiro atoms. The Kier molecular flexibility index (Phi) is 7.45. The van der Waals surface area contributed by atoms with Gasteiger partial charge in [0.25, 0.3) is 0 Å². The zero-order valence-electron chi connectivity index (χ0n) is 19.6. The number of thiazole rings is 1. The normalized spacial score (nSPS) is 20.9. The van der Waals surface area contributed by atoms with Crippen molar-refractivity contribution in [2.24, 2.45) is 0 Å². The van der Waals surface area contributed by atoms with Gasteiger partial charge in [-0.3, -0.25) is 9.69 Å². The van der Waals surface area contributed by atoms with Crippen LogP contribution in [-0.2, 0) is 16.1 Å². The molecular weight excluding hydrogens is 464 g/mol. The van der Waals surface area contributed by atoms with Gasteiger partial charge in [0, 0.05) is 44.0 Å². The van der Waals surface area contributed by atoms with Crippen LogP contribution in [-0.4, -0.2) is 69.1 Å². The Morgan fingerprint density at radius 3 is 2.83 bits per heavy atom. The third-order valence-corrected chi connectivity index (χ3v) is 7.16. The topological polar surface area (TPSA) is 117 Å². The minimum atomic E-state index is -0.155. The standard InChI is InChI=1S/C24H30N8O2S/c1-2-21(33)27-17-6-3-4-7-18(17)28-23-26-16(15-32-10-12-34-13-11-32)14-20(30-23)31-24-29-19-8-5-9-25-22(19)35-24/h2,5,8-9,14,17-18H,1,3-4,6-7,10-13,15H2,(H,27,33)(H2,26,28,29,30,31)/t17-,18-/m1/s1. The molecule has 184 valence electrons. The molecule has 1 aliphatic heterocycles. The van der Waals surface area contributed by atoms with Crippen molar-refractivity contribution in [3.05, 3.63) is 42.7 Å². The Balaban J connectivity index is 1.39. The number of aromatic nitrogens is 4. The average molecular weight is 495 g/mol. The second-order valence-corrected chi connectivity index (χ2v) is 9.76. The minimum absolute atomic E-state index is 0.00694. The number of anilines is 3. The molecule has 0 radical (unpaired) electrons. The number of rotatable bonds is 8. The van der Waals surface area contributed by atoms with Crippen LogP contribution in [0.5, 0.6) is 0 Å². The molecule has 1 saturated heterocycles. The van der Waals surface area contributed by atoms with Crippen molar-refractivity contribution in [1.29, 1.82) is 0 Å². The number of morpholine rings is 1. The number of fused-ring (bicyclic) bond motifs is 1. The van der Waals surface area contributed by atoms with E-state index in [1.807, 2.05) is 18.2 Å². The van der Waals surface area contributed by atoms with Crippen LogP contribution in [0.25, 0.3) is 10.3 Å². The lowest BCUT2D eigenvalue weighted by Crippen LogP contribution is -2.48. The molecule has 4 heterocycles. The van der Waals surface area contributed by atoms with Gasteiger partial charge in [0.15, 0.2) is 5.13 Å². The minimum Gasteiger partial charge on any atom is -0.379 e. The Labute approximate surface area is 208 Å². The number of carbonyl (C=O) groups excluding carboxylic acids is 1. The van der Waals surface area contributed by atoms with Crippen LogP contribution in [0, 0.1) is 0 Å².